The number of carbonyl (C=O) groups excluding carboxylic acids is 1. The zero-order valence-corrected chi connectivity index (χ0v) is 14.2. The number of ether oxygens (including phenoxy) is 1. The molecule has 1 aliphatic rings. The Bertz CT molecular complexity index is 460. The Morgan fingerprint density at radius 3 is 2.73 bits per heavy atom. The number of piperidine rings is 1. The van der Waals surface area contributed by atoms with Crippen molar-refractivity contribution < 1.29 is 9.53 Å². The summed E-state index contributed by atoms with van der Waals surface area (Å²) in [4.78, 5) is 15.6. The van der Waals surface area contributed by atoms with E-state index < -0.39 is 0 Å². The van der Waals surface area contributed by atoms with Crippen molar-refractivity contribution in [1.82, 2.24) is 10.3 Å². The maximum absolute atomic E-state index is 11.2. The highest BCUT2D eigenvalue weighted by Gasteiger charge is 2.12. The van der Waals surface area contributed by atoms with Crippen molar-refractivity contribution in [2.75, 3.05) is 25.0 Å². The van der Waals surface area contributed by atoms with Gasteiger partial charge in [-0.3, -0.25) is 0 Å². The minimum atomic E-state index is -0.329. The summed E-state index contributed by atoms with van der Waals surface area (Å²) in [6.45, 7) is 4.28. The number of nitrogens with zero attached hydrogens (tertiary/aromatic N) is 1. The summed E-state index contributed by atoms with van der Waals surface area (Å²) in [7, 11) is 0. The van der Waals surface area contributed by atoms with Gasteiger partial charge in [0, 0.05) is 18.3 Å². The van der Waals surface area contributed by atoms with Gasteiger partial charge < -0.3 is 15.4 Å². The van der Waals surface area contributed by atoms with E-state index in [9.17, 15) is 4.79 Å². The summed E-state index contributed by atoms with van der Waals surface area (Å²) in [5.41, 5.74) is 0.883. The number of nitrogens with one attached hydrogen (secondary N) is 2. The average molecular weight is 348 g/mol. The largest absolute Gasteiger partial charge is 0.463 e. The highest BCUT2D eigenvalue weighted by molar-refractivity contribution is 5.87. The number of hydrogen-bond acceptors (Lipinski definition) is 5. The lowest BCUT2D eigenvalue weighted by Crippen LogP contribution is -2.35. The molecule has 1 saturated heterocycles. The van der Waals surface area contributed by atoms with E-state index in [4.69, 9.17) is 4.74 Å². The van der Waals surface area contributed by atoms with Crippen LogP contribution >= 0.6 is 24.8 Å². The van der Waals surface area contributed by atoms with Crippen LogP contribution in [0.3, 0.4) is 0 Å². The Labute approximate surface area is 143 Å². The summed E-state index contributed by atoms with van der Waals surface area (Å²) in [5, 5.41) is 6.76. The van der Waals surface area contributed by atoms with Gasteiger partial charge in [0.05, 0.1) is 6.61 Å². The Balaban J connectivity index is 0.00000220. The van der Waals surface area contributed by atoms with Crippen molar-refractivity contribution in [3.63, 3.8) is 0 Å². The van der Waals surface area contributed by atoms with Crippen molar-refractivity contribution in [3.8, 4) is 0 Å². The predicted octanol–water partition coefficient (Wildman–Crippen LogP) is 2.67. The molecule has 7 heteroatoms. The lowest BCUT2D eigenvalue weighted by Gasteiger charge is -2.24. The Morgan fingerprint density at radius 1 is 1.41 bits per heavy atom. The summed E-state index contributed by atoms with van der Waals surface area (Å²) in [6, 6.07) is 4.36. The van der Waals surface area contributed by atoms with Crippen LogP contribution in [0.5, 0.6) is 0 Å². The minimum Gasteiger partial charge on any atom is -0.463 e. The molecule has 1 aromatic rings. The monoisotopic (exact) mass is 347 g/mol. The van der Waals surface area contributed by atoms with E-state index in [2.05, 4.69) is 15.6 Å². The van der Waals surface area contributed by atoms with E-state index in [-0.39, 0.29) is 30.8 Å². The summed E-state index contributed by atoms with van der Waals surface area (Å²) < 4.78 is 4.82. The molecule has 0 aromatic carbocycles. The zero-order valence-electron chi connectivity index (χ0n) is 12.6. The van der Waals surface area contributed by atoms with E-state index in [0.717, 1.165) is 37.3 Å². The van der Waals surface area contributed by atoms with Gasteiger partial charge in [0.25, 0.3) is 0 Å². The normalized spacial score (nSPS) is 14.8. The quantitative estimate of drug-likeness (QED) is 0.633. The lowest BCUT2D eigenvalue weighted by atomic mass is 10.1. The Morgan fingerprint density at radius 2 is 2.14 bits per heavy atom. The number of pyridine rings is 1. The molecule has 0 unspecified atom stereocenters. The molecule has 0 amide bonds. The second-order valence-electron chi connectivity index (χ2n) is 4.73. The Kier molecular flexibility index (Phi) is 10.6. The molecule has 2 rings (SSSR count). The first-order valence-electron chi connectivity index (χ1n) is 7.06. The van der Waals surface area contributed by atoms with Crippen molar-refractivity contribution in [1.29, 1.82) is 0 Å². The number of anilines is 1. The number of hydrogen-bond donors (Lipinski definition) is 2. The van der Waals surface area contributed by atoms with Gasteiger partial charge in [-0.05, 0) is 56.6 Å². The molecular formula is C15H23Cl2N3O2. The van der Waals surface area contributed by atoms with Crippen LogP contribution in [0, 0.1) is 0 Å². The van der Waals surface area contributed by atoms with Crippen molar-refractivity contribution >= 4 is 42.7 Å². The second kappa shape index (κ2) is 11.3. The highest BCUT2D eigenvalue weighted by Crippen LogP contribution is 2.12. The van der Waals surface area contributed by atoms with Crippen LogP contribution in [0.15, 0.2) is 24.4 Å². The van der Waals surface area contributed by atoms with Gasteiger partial charge in [0.1, 0.15) is 5.82 Å². The third-order valence-electron chi connectivity index (χ3n) is 3.18. The Hall–Kier alpha value is -1.30. The first-order chi connectivity index (χ1) is 9.78. The van der Waals surface area contributed by atoms with Crippen LogP contribution in [0.25, 0.3) is 6.08 Å². The van der Waals surface area contributed by atoms with Crippen LogP contribution in [0.4, 0.5) is 5.82 Å². The van der Waals surface area contributed by atoms with Crippen LogP contribution in [0.2, 0.25) is 0 Å². The van der Waals surface area contributed by atoms with Crippen LogP contribution in [-0.2, 0) is 9.53 Å². The summed E-state index contributed by atoms with van der Waals surface area (Å²) in [6.07, 6.45) is 7.11. The number of rotatable bonds is 5. The molecule has 0 aliphatic carbocycles. The SMILES string of the molecule is CCOC(=O)/C=C/c1ccc(NC2CCNCC2)nc1.Cl.Cl. The third-order valence-corrected chi connectivity index (χ3v) is 3.18. The third kappa shape index (κ3) is 7.11. The molecular weight excluding hydrogens is 325 g/mol. The number of carbonyl (C=O) groups is 1. The van der Waals surface area contributed by atoms with E-state index >= 15 is 0 Å². The van der Waals surface area contributed by atoms with Crippen LogP contribution in [-0.4, -0.2) is 36.7 Å². The molecule has 5 nitrogen and oxygen atoms in total. The number of esters is 1. The van der Waals surface area contributed by atoms with E-state index in [0.29, 0.717) is 12.6 Å². The van der Waals surface area contributed by atoms with Crippen molar-refractivity contribution in [3.05, 3.63) is 30.0 Å². The summed E-state index contributed by atoms with van der Waals surface area (Å²) in [5.74, 6) is 0.551. The van der Waals surface area contributed by atoms with Gasteiger partial charge in [-0.25, -0.2) is 9.78 Å². The van der Waals surface area contributed by atoms with Gasteiger partial charge in [-0.2, -0.15) is 0 Å². The second-order valence-corrected chi connectivity index (χ2v) is 4.73. The molecule has 0 bridgehead atoms. The van der Waals surface area contributed by atoms with E-state index in [1.54, 1.807) is 19.2 Å². The maximum atomic E-state index is 11.2. The molecule has 0 atom stereocenters. The summed E-state index contributed by atoms with van der Waals surface area (Å²) >= 11 is 0. The maximum Gasteiger partial charge on any atom is 0.330 e. The number of halogens is 2. The molecule has 1 fully saturated rings. The van der Waals surface area contributed by atoms with Gasteiger partial charge >= 0.3 is 5.97 Å². The van der Waals surface area contributed by atoms with E-state index in [1.807, 2.05) is 12.1 Å². The van der Waals surface area contributed by atoms with E-state index in [1.165, 1.54) is 6.08 Å². The van der Waals surface area contributed by atoms with Crippen molar-refractivity contribution in [2.24, 2.45) is 0 Å². The molecule has 1 aliphatic heterocycles. The first-order valence-corrected chi connectivity index (χ1v) is 7.06. The van der Waals surface area contributed by atoms with Gasteiger partial charge in [0.15, 0.2) is 0 Å². The molecule has 0 spiro atoms. The molecule has 0 radical (unpaired) electrons. The fourth-order valence-electron chi connectivity index (χ4n) is 2.12. The lowest BCUT2D eigenvalue weighted by molar-refractivity contribution is -0.137. The van der Waals surface area contributed by atoms with Gasteiger partial charge in [-0.15, -0.1) is 24.8 Å². The highest BCUT2D eigenvalue weighted by atomic mass is 35.5. The smallest absolute Gasteiger partial charge is 0.330 e. The van der Waals surface area contributed by atoms with Gasteiger partial charge in [-0.1, -0.05) is 0 Å². The van der Waals surface area contributed by atoms with Gasteiger partial charge in [0.2, 0.25) is 0 Å². The standard InChI is InChI=1S/C15H21N3O2.2ClH/c1-2-20-15(19)6-4-12-3-5-14(17-11-12)18-13-7-9-16-10-8-13;;/h3-6,11,13,16H,2,7-10H2,1H3,(H,17,18);2*1H/b6-4+;;. The minimum absolute atomic E-state index is 0. The first kappa shape index (κ1) is 20.7. The van der Waals surface area contributed by atoms with Crippen LogP contribution < -0.4 is 10.6 Å². The zero-order chi connectivity index (χ0) is 14.2. The number of aromatic nitrogens is 1. The average Bonchev–Trinajstić information content (AvgIpc) is 2.48. The molecule has 124 valence electrons. The van der Waals surface area contributed by atoms with Crippen molar-refractivity contribution in [2.45, 2.75) is 25.8 Å². The fraction of sp³-hybridized carbons (Fsp3) is 0.467. The topological polar surface area (TPSA) is 63.2 Å². The molecule has 0 saturated carbocycles. The van der Waals surface area contributed by atoms with Crippen LogP contribution in [0.1, 0.15) is 25.3 Å². The molecule has 2 N–H and O–H groups in total. The predicted molar refractivity (Wildman–Crippen MR) is 93.9 cm³/mol. The molecule has 2 heterocycles. The molecule has 22 heavy (non-hydrogen) atoms. The fourth-order valence-corrected chi connectivity index (χ4v) is 2.12. The molecule has 1 aromatic heterocycles.